The van der Waals surface area contributed by atoms with E-state index in [1.807, 2.05) is 42.5 Å². The van der Waals surface area contributed by atoms with Crippen LogP contribution in [0.2, 0.25) is 0 Å². The average Bonchev–Trinajstić information content (AvgIpc) is 2.54. The molecule has 0 atom stereocenters. The molecule has 112 valence electrons. The zero-order valence-corrected chi connectivity index (χ0v) is 14.3. The Labute approximate surface area is 138 Å². The molecule has 5 heteroatoms. The van der Waals surface area contributed by atoms with Crippen LogP contribution in [0.3, 0.4) is 0 Å². The smallest absolute Gasteiger partial charge is 0.264 e. The highest BCUT2D eigenvalue weighted by Crippen LogP contribution is 2.26. The molecule has 0 radical (unpaired) electrons. The standard InChI is InChI=1S/C17H14BrNO2S/c1-19(16-9-7-15(18)8-10-16)22(20,21)17-11-6-13-4-2-3-5-14(13)12-17/h2-12H,1H3. The molecule has 0 saturated carbocycles. The van der Waals surface area contributed by atoms with Crippen LogP contribution >= 0.6 is 15.9 Å². The maximum atomic E-state index is 12.8. The molecule has 0 aliphatic carbocycles. The van der Waals surface area contributed by atoms with Crippen LogP contribution in [0.5, 0.6) is 0 Å². The fourth-order valence-electron chi connectivity index (χ4n) is 2.28. The van der Waals surface area contributed by atoms with Gasteiger partial charge >= 0.3 is 0 Å². The molecule has 0 aliphatic rings. The van der Waals surface area contributed by atoms with Gasteiger partial charge in [-0.25, -0.2) is 8.42 Å². The average molecular weight is 376 g/mol. The van der Waals surface area contributed by atoms with Gasteiger partial charge in [-0.1, -0.05) is 46.3 Å². The van der Waals surface area contributed by atoms with Crippen LogP contribution in [0.4, 0.5) is 5.69 Å². The van der Waals surface area contributed by atoms with Gasteiger partial charge in [0.05, 0.1) is 10.6 Å². The summed E-state index contributed by atoms with van der Waals surface area (Å²) >= 11 is 3.35. The summed E-state index contributed by atoms with van der Waals surface area (Å²) in [7, 11) is -2.02. The van der Waals surface area contributed by atoms with Crippen LogP contribution in [0, 0.1) is 0 Å². The minimum absolute atomic E-state index is 0.289. The Morgan fingerprint density at radius 3 is 2.18 bits per heavy atom. The lowest BCUT2D eigenvalue weighted by Crippen LogP contribution is -2.26. The molecule has 0 aliphatic heterocycles. The first-order valence-corrected chi connectivity index (χ1v) is 8.95. The van der Waals surface area contributed by atoms with Crippen LogP contribution in [-0.4, -0.2) is 15.5 Å². The van der Waals surface area contributed by atoms with Crippen molar-refractivity contribution in [2.24, 2.45) is 0 Å². The number of hydrogen-bond donors (Lipinski definition) is 0. The number of nitrogens with zero attached hydrogens (tertiary/aromatic N) is 1. The summed E-state index contributed by atoms with van der Waals surface area (Å²) < 4.78 is 27.8. The first-order valence-electron chi connectivity index (χ1n) is 6.72. The molecule has 3 aromatic carbocycles. The van der Waals surface area contributed by atoms with Gasteiger partial charge in [-0.2, -0.15) is 0 Å². The van der Waals surface area contributed by atoms with Crippen molar-refractivity contribution in [1.29, 1.82) is 0 Å². The van der Waals surface area contributed by atoms with Crippen molar-refractivity contribution >= 4 is 42.4 Å². The molecule has 3 aromatic rings. The highest BCUT2D eigenvalue weighted by Gasteiger charge is 2.21. The van der Waals surface area contributed by atoms with Crippen LogP contribution in [0.15, 0.2) is 76.1 Å². The number of hydrogen-bond acceptors (Lipinski definition) is 2. The third-order valence-corrected chi connectivity index (χ3v) is 5.88. The van der Waals surface area contributed by atoms with Gasteiger partial charge in [0.25, 0.3) is 10.0 Å². The normalized spacial score (nSPS) is 11.5. The van der Waals surface area contributed by atoms with Gasteiger partial charge < -0.3 is 0 Å². The molecule has 0 aromatic heterocycles. The van der Waals surface area contributed by atoms with E-state index in [9.17, 15) is 8.42 Å². The van der Waals surface area contributed by atoms with E-state index in [4.69, 9.17) is 0 Å². The van der Waals surface area contributed by atoms with E-state index >= 15 is 0 Å². The number of anilines is 1. The third kappa shape index (κ3) is 2.74. The van der Waals surface area contributed by atoms with Gasteiger partial charge in [0, 0.05) is 11.5 Å². The molecule has 0 saturated heterocycles. The maximum absolute atomic E-state index is 12.8. The molecule has 0 unspecified atom stereocenters. The second-order valence-electron chi connectivity index (χ2n) is 4.96. The van der Waals surface area contributed by atoms with E-state index in [1.54, 1.807) is 31.3 Å². The van der Waals surface area contributed by atoms with E-state index in [0.717, 1.165) is 15.2 Å². The lowest BCUT2D eigenvalue weighted by molar-refractivity contribution is 0.594. The minimum Gasteiger partial charge on any atom is -0.269 e. The van der Waals surface area contributed by atoms with Crippen molar-refractivity contribution in [3.8, 4) is 0 Å². The second kappa shape index (κ2) is 5.74. The number of halogens is 1. The van der Waals surface area contributed by atoms with E-state index in [-0.39, 0.29) is 4.90 Å². The van der Waals surface area contributed by atoms with Gasteiger partial charge in [-0.3, -0.25) is 4.31 Å². The van der Waals surface area contributed by atoms with Crippen LogP contribution in [0.25, 0.3) is 10.8 Å². The van der Waals surface area contributed by atoms with Gasteiger partial charge in [-0.05, 0) is 47.2 Å². The van der Waals surface area contributed by atoms with Crippen LogP contribution in [0.1, 0.15) is 0 Å². The summed E-state index contributed by atoms with van der Waals surface area (Å²) in [6.45, 7) is 0. The summed E-state index contributed by atoms with van der Waals surface area (Å²) in [5, 5.41) is 1.93. The third-order valence-electron chi connectivity index (χ3n) is 3.57. The zero-order chi connectivity index (χ0) is 15.7. The predicted molar refractivity (Wildman–Crippen MR) is 93.7 cm³/mol. The Balaban J connectivity index is 2.05. The lowest BCUT2D eigenvalue weighted by Gasteiger charge is -2.19. The predicted octanol–water partition coefficient (Wildman–Crippen LogP) is 4.43. The molecule has 0 spiro atoms. The summed E-state index contributed by atoms with van der Waals surface area (Å²) in [5.41, 5.74) is 0.622. The van der Waals surface area contributed by atoms with Gasteiger partial charge in [-0.15, -0.1) is 0 Å². The fourth-order valence-corrected chi connectivity index (χ4v) is 3.77. The van der Waals surface area contributed by atoms with Gasteiger partial charge in [0.2, 0.25) is 0 Å². The molecule has 3 rings (SSSR count). The highest BCUT2D eigenvalue weighted by atomic mass is 79.9. The first-order chi connectivity index (χ1) is 10.5. The molecular weight excluding hydrogens is 362 g/mol. The zero-order valence-electron chi connectivity index (χ0n) is 11.9. The number of benzene rings is 3. The molecule has 0 N–H and O–H groups in total. The van der Waals surface area contributed by atoms with Crippen molar-refractivity contribution in [3.63, 3.8) is 0 Å². The largest absolute Gasteiger partial charge is 0.269 e. The molecule has 0 bridgehead atoms. The van der Waals surface area contributed by atoms with Crippen molar-refractivity contribution in [1.82, 2.24) is 0 Å². The van der Waals surface area contributed by atoms with Crippen LogP contribution < -0.4 is 4.31 Å². The topological polar surface area (TPSA) is 37.4 Å². The van der Waals surface area contributed by atoms with E-state index < -0.39 is 10.0 Å². The molecule has 0 heterocycles. The first kappa shape index (κ1) is 15.1. The summed E-state index contributed by atoms with van der Waals surface area (Å²) in [4.78, 5) is 0.289. The van der Waals surface area contributed by atoms with Crippen molar-refractivity contribution in [2.75, 3.05) is 11.4 Å². The monoisotopic (exact) mass is 375 g/mol. The van der Waals surface area contributed by atoms with Crippen molar-refractivity contribution in [2.45, 2.75) is 4.90 Å². The Kier molecular flexibility index (Phi) is 3.93. The quantitative estimate of drug-likeness (QED) is 0.678. The summed E-state index contributed by atoms with van der Waals surface area (Å²) in [5.74, 6) is 0. The van der Waals surface area contributed by atoms with Gasteiger partial charge in [0.15, 0.2) is 0 Å². The minimum atomic E-state index is -3.58. The fraction of sp³-hybridized carbons (Fsp3) is 0.0588. The Morgan fingerprint density at radius 2 is 1.50 bits per heavy atom. The number of rotatable bonds is 3. The molecule has 3 nitrogen and oxygen atoms in total. The Morgan fingerprint density at radius 1 is 0.864 bits per heavy atom. The Bertz CT molecular complexity index is 921. The molecular formula is C17H14BrNO2S. The number of sulfonamides is 1. The lowest BCUT2D eigenvalue weighted by atomic mass is 10.1. The summed E-state index contributed by atoms with van der Waals surface area (Å²) in [6.07, 6.45) is 0. The molecule has 0 amide bonds. The van der Waals surface area contributed by atoms with Crippen LogP contribution in [-0.2, 0) is 10.0 Å². The van der Waals surface area contributed by atoms with E-state index in [2.05, 4.69) is 15.9 Å². The molecule has 22 heavy (non-hydrogen) atoms. The van der Waals surface area contributed by atoms with E-state index in [0.29, 0.717) is 5.69 Å². The SMILES string of the molecule is CN(c1ccc(Br)cc1)S(=O)(=O)c1ccc2ccccc2c1. The second-order valence-corrected chi connectivity index (χ2v) is 7.84. The maximum Gasteiger partial charge on any atom is 0.264 e. The van der Waals surface area contributed by atoms with E-state index in [1.165, 1.54) is 4.31 Å². The number of fused-ring (bicyclic) bond motifs is 1. The van der Waals surface area contributed by atoms with Crippen molar-refractivity contribution < 1.29 is 8.42 Å². The Hall–Kier alpha value is -1.85. The van der Waals surface area contributed by atoms with Crippen molar-refractivity contribution in [3.05, 3.63) is 71.2 Å². The summed E-state index contributed by atoms with van der Waals surface area (Å²) in [6, 6.07) is 20.1. The molecule has 0 fully saturated rings. The highest BCUT2D eigenvalue weighted by molar-refractivity contribution is 9.10. The van der Waals surface area contributed by atoms with Gasteiger partial charge in [0.1, 0.15) is 0 Å².